The molecule has 1 aliphatic carbocycles. The van der Waals surface area contributed by atoms with E-state index in [1.165, 1.54) is 43.2 Å². The first-order chi connectivity index (χ1) is 9.20. The van der Waals surface area contributed by atoms with Crippen LogP contribution in [-0.2, 0) is 6.42 Å². The first-order valence-corrected chi connectivity index (χ1v) is 8.04. The Bertz CT molecular complexity index is 597. The standard InChI is InChI=1S/C15H20BrN3/c1-3-12-10(2)9-13-17-15(18-19(13)14(12)16)11-7-5-4-6-8-11/h9,11H,3-8H2,1-2H3. The van der Waals surface area contributed by atoms with Gasteiger partial charge in [0.1, 0.15) is 4.60 Å². The van der Waals surface area contributed by atoms with E-state index in [4.69, 9.17) is 10.1 Å². The van der Waals surface area contributed by atoms with Crippen LogP contribution in [0.3, 0.4) is 0 Å². The first kappa shape index (κ1) is 13.1. The summed E-state index contributed by atoms with van der Waals surface area (Å²) in [6.07, 6.45) is 7.51. The lowest BCUT2D eigenvalue weighted by molar-refractivity contribution is 0.429. The smallest absolute Gasteiger partial charge is 0.157 e. The molecule has 2 aromatic heterocycles. The molecule has 19 heavy (non-hydrogen) atoms. The van der Waals surface area contributed by atoms with Crippen LogP contribution in [0.25, 0.3) is 5.65 Å². The molecule has 4 heteroatoms. The number of aryl methyl sites for hydroxylation is 1. The number of rotatable bonds is 2. The van der Waals surface area contributed by atoms with Crippen molar-refractivity contribution in [1.29, 1.82) is 0 Å². The third kappa shape index (κ3) is 2.31. The van der Waals surface area contributed by atoms with Gasteiger partial charge in [0.05, 0.1) is 0 Å². The molecular weight excluding hydrogens is 302 g/mol. The van der Waals surface area contributed by atoms with E-state index in [2.05, 4.69) is 35.8 Å². The Morgan fingerprint density at radius 2 is 2.05 bits per heavy atom. The fraction of sp³-hybridized carbons (Fsp3) is 0.600. The maximum atomic E-state index is 4.76. The van der Waals surface area contributed by atoms with Crippen molar-refractivity contribution in [3.05, 3.63) is 27.6 Å². The van der Waals surface area contributed by atoms with Crippen LogP contribution >= 0.6 is 15.9 Å². The van der Waals surface area contributed by atoms with Gasteiger partial charge in [0, 0.05) is 5.92 Å². The van der Waals surface area contributed by atoms with Gasteiger partial charge in [0.2, 0.25) is 0 Å². The number of fused-ring (bicyclic) bond motifs is 1. The van der Waals surface area contributed by atoms with E-state index in [0.29, 0.717) is 5.92 Å². The summed E-state index contributed by atoms with van der Waals surface area (Å²) < 4.78 is 3.04. The number of nitrogens with zero attached hydrogens (tertiary/aromatic N) is 3. The van der Waals surface area contributed by atoms with Gasteiger partial charge in [-0.15, -0.1) is 5.10 Å². The van der Waals surface area contributed by atoms with Crippen molar-refractivity contribution in [2.75, 3.05) is 0 Å². The average molecular weight is 322 g/mol. The number of hydrogen-bond acceptors (Lipinski definition) is 2. The Kier molecular flexibility index (Phi) is 3.61. The van der Waals surface area contributed by atoms with E-state index < -0.39 is 0 Å². The monoisotopic (exact) mass is 321 g/mol. The Labute approximate surface area is 122 Å². The number of aromatic nitrogens is 3. The highest BCUT2D eigenvalue weighted by atomic mass is 79.9. The average Bonchev–Trinajstić information content (AvgIpc) is 2.84. The van der Waals surface area contributed by atoms with E-state index in [1.807, 2.05) is 4.52 Å². The van der Waals surface area contributed by atoms with Crippen molar-refractivity contribution in [1.82, 2.24) is 14.6 Å². The van der Waals surface area contributed by atoms with E-state index in [1.54, 1.807) is 0 Å². The van der Waals surface area contributed by atoms with Crippen molar-refractivity contribution in [3.63, 3.8) is 0 Å². The molecule has 1 saturated carbocycles. The topological polar surface area (TPSA) is 30.2 Å². The molecule has 0 saturated heterocycles. The molecule has 102 valence electrons. The van der Waals surface area contributed by atoms with E-state index in [-0.39, 0.29) is 0 Å². The van der Waals surface area contributed by atoms with Gasteiger partial charge in [-0.3, -0.25) is 0 Å². The van der Waals surface area contributed by atoms with Gasteiger partial charge >= 0.3 is 0 Å². The summed E-state index contributed by atoms with van der Waals surface area (Å²) in [6, 6.07) is 2.16. The second-order valence-corrected chi connectivity index (χ2v) is 6.28. The minimum Gasteiger partial charge on any atom is -0.212 e. The molecule has 2 aromatic rings. The highest BCUT2D eigenvalue weighted by Gasteiger charge is 2.21. The third-order valence-corrected chi connectivity index (χ3v) is 5.04. The number of hydrogen-bond donors (Lipinski definition) is 0. The van der Waals surface area contributed by atoms with Crippen LogP contribution in [0, 0.1) is 6.92 Å². The second-order valence-electron chi connectivity index (χ2n) is 5.53. The highest BCUT2D eigenvalue weighted by molar-refractivity contribution is 9.10. The van der Waals surface area contributed by atoms with Gasteiger partial charge in [-0.1, -0.05) is 26.2 Å². The van der Waals surface area contributed by atoms with Gasteiger partial charge in [0.15, 0.2) is 11.5 Å². The molecule has 0 bridgehead atoms. The summed E-state index contributed by atoms with van der Waals surface area (Å²) >= 11 is 3.69. The van der Waals surface area contributed by atoms with Gasteiger partial charge in [-0.2, -0.15) is 0 Å². The molecule has 1 fully saturated rings. The Balaban J connectivity index is 2.07. The fourth-order valence-corrected chi connectivity index (χ4v) is 3.96. The molecule has 1 aliphatic rings. The molecule has 0 aromatic carbocycles. The Morgan fingerprint density at radius 3 is 2.74 bits per heavy atom. The van der Waals surface area contributed by atoms with Crippen LogP contribution in [-0.4, -0.2) is 14.6 Å². The molecule has 0 atom stereocenters. The molecule has 0 amide bonds. The van der Waals surface area contributed by atoms with E-state index >= 15 is 0 Å². The van der Waals surface area contributed by atoms with Gasteiger partial charge in [-0.05, 0) is 59.3 Å². The minimum absolute atomic E-state index is 0.561. The van der Waals surface area contributed by atoms with Crippen LogP contribution in [0.1, 0.15) is 61.9 Å². The van der Waals surface area contributed by atoms with Gasteiger partial charge in [0.25, 0.3) is 0 Å². The first-order valence-electron chi connectivity index (χ1n) is 7.25. The number of pyridine rings is 1. The van der Waals surface area contributed by atoms with E-state index in [9.17, 15) is 0 Å². The molecule has 0 radical (unpaired) electrons. The van der Waals surface area contributed by atoms with Crippen molar-refractivity contribution < 1.29 is 0 Å². The van der Waals surface area contributed by atoms with E-state index in [0.717, 1.165) is 22.5 Å². The molecule has 0 N–H and O–H groups in total. The summed E-state index contributed by atoms with van der Waals surface area (Å²) in [7, 11) is 0. The molecule has 0 spiro atoms. The van der Waals surface area contributed by atoms with Crippen molar-refractivity contribution in [2.24, 2.45) is 0 Å². The molecule has 3 nitrogen and oxygen atoms in total. The lowest BCUT2D eigenvalue weighted by Crippen LogP contribution is -2.06. The molecule has 2 heterocycles. The Morgan fingerprint density at radius 1 is 1.32 bits per heavy atom. The van der Waals surface area contributed by atoms with Crippen molar-refractivity contribution in [2.45, 2.75) is 58.3 Å². The second kappa shape index (κ2) is 5.23. The zero-order valence-electron chi connectivity index (χ0n) is 11.6. The van der Waals surface area contributed by atoms with Gasteiger partial charge in [-0.25, -0.2) is 9.50 Å². The largest absolute Gasteiger partial charge is 0.212 e. The summed E-state index contributed by atoms with van der Waals surface area (Å²) in [5.41, 5.74) is 3.60. The Hall–Kier alpha value is -0.900. The summed E-state index contributed by atoms with van der Waals surface area (Å²) in [5.74, 6) is 1.60. The van der Waals surface area contributed by atoms with Crippen molar-refractivity contribution >= 4 is 21.6 Å². The van der Waals surface area contributed by atoms with Crippen LogP contribution in [0.15, 0.2) is 10.7 Å². The quantitative estimate of drug-likeness (QED) is 0.767. The maximum Gasteiger partial charge on any atom is 0.157 e. The summed E-state index contributed by atoms with van der Waals surface area (Å²) in [6.45, 7) is 4.33. The van der Waals surface area contributed by atoms with Crippen LogP contribution in [0.5, 0.6) is 0 Å². The van der Waals surface area contributed by atoms with Gasteiger partial charge < -0.3 is 0 Å². The third-order valence-electron chi connectivity index (χ3n) is 4.23. The zero-order chi connectivity index (χ0) is 13.4. The molecule has 0 unspecified atom stereocenters. The summed E-state index contributed by atoms with van der Waals surface area (Å²) in [5, 5.41) is 4.74. The predicted molar refractivity (Wildman–Crippen MR) is 80.6 cm³/mol. The number of halogens is 1. The van der Waals surface area contributed by atoms with Crippen LogP contribution in [0.4, 0.5) is 0 Å². The normalized spacial score (nSPS) is 17.2. The summed E-state index contributed by atoms with van der Waals surface area (Å²) in [4.78, 5) is 4.76. The predicted octanol–water partition coefficient (Wildman–Crippen LogP) is 4.41. The van der Waals surface area contributed by atoms with Crippen LogP contribution in [0.2, 0.25) is 0 Å². The fourth-order valence-electron chi connectivity index (χ4n) is 3.11. The SMILES string of the molecule is CCc1c(C)cc2nc(C3CCCCC3)nn2c1Br. The lowest BCUT2D eigenvalue weighted by Gasteiger charge is -2.17. The lowest BCUT2D eigenvalue weighted by atomic mass is 9.89. The molecule has 3 rings (SSSR count). The van der Waals surface area contributed by atoms with Crippen LogP contribution < -0.4 is 0 Å². The van der Waals surface area contributed by atoms with Crippen molar-refractivity contribution in [3.8, 4) is 0 Å². The molecular formula is C15H20BrN3. The molecule has 0 aliphatic heterocycles. The maximum absolute atomic E-state index is 4.76. The minimum atomic E-state index is 0.561. The highest BCUT2D eigenvalue weighted by Crippen LogP contribution is 2.32. The zero-order valence-corrected chi connectivity index (χ0v) is 13.2.